The molecule has 0 aromatic heterocycles. The molecule has 1 radical (unpaired) electrons. The van der Waals surface area contributed by atoms with Gasteiger partial charge < -0.3 is 15.2 Å². The largest absolute Gasteiger partial charge is 0.367 e. The average molecular weight is 172 g/mol. The highest BCUT2D eigenvalue weighted by molar-refractivity contribution is 5.81. The monoisotopic (exact) mass is 172 g/mol. The Hall–Kier alpha value is -0.610. The third-order valence-corrected chi connectivity index (χ3v) is 1.76. The van der Waals surface area contributed by atoms with Gasteiger partial charge in [0.2, 0.25) is 5.91 Å². The van der Waals surface area contributed by atoms with Crippen molar-refractivity contribution in [1.82, 2.24) is 0 Å². The maximum atomic E-state index is 10.9. The lowest BCUT2D eigenvalue weighted by molar-refractivity contribution is -0.257. The smallest absolute Gasteiger partial charge is 0.247 e. The first-order valence-corrected chi connectivity index (χ1v) is 3.86. The van der Waals surface area contributed by atoms with Gasteiger partial charge in [0.15, 0.2) is 5.79 Å². The van der Waals surface area contributed by atoms with Crippen molar-refractivity contribution in [2.24, 2.45) is 5.73 Å². The first kappa shape index (κ1) is 9.48. The van der Waals surface area contributed by atoms with E-state index in [1.807, 2.05) is 0 Å². The Bertz CT molecular complexity index is 191. The average Bonchev–Trinajstić information content (AvgIpc) is 1.94. The molecule has 1 atom stereocenters. The number of ether oxygens (including phenoxy) is 2. The van der Waals surface area contributed by atoms with Crippen LogP contribution in [0.25, 0.3) is 0 Å². The standard InChI is InChI=1S/C8H14NO3/c1-5-4-11-8(2,3)12-6(5)7(9)10/h6H,4H2,1-3H3,(H2,9,10). The Morgan fingerprint density at radius 3 is 2.67 bits per heavy atom. The summed E-state index contributed by atoms with van der Waals surface area (Å²) < 4.78 is 10.6. The molecule has 12 heavy (non-hydrogen) atoms. The van der Waals surface area contributed by atoms with Crippen LogP contribution in [0.3, 0.4) is 0 Å². The Morgan fingerprint density at radius 1 is 1.67 bits per heavy atom. The second-order valence-electron chi connectivity index (χ2n) is 3.44. The first-order chi connectivity index (χ1) is 5.42. The van der Waals surface area contributed by atoms with E-state index in [4.69, 9.17) is 15.2 Å². The summed E-state index contributed by atoms with van der Waals surface area (Å²) in [6, 6.07) is 0. The van der Waals surface area contributed by atoms with Crippen molar-refractivity contribution >= 4 is 5.91 Å². The molecular weight excluding hydrogens is 158 g/mol. The van der Waals surface area contributed by atoms with Crippen molar-refractivity contribution in [2.45, 2.75) is 32.7 Å². The molecule has 1 heterocycles. The fraction of sp³-hybridized carbons (Fsp3) is 0.750. The summed E-state index contributed by atoms with van der Waals surface area (Å²) in [5.41, 5.74) is 5.14. The van der Waals surface area contributed by atoms with Crippen LogP contribution in [0.15, 0.2) is 0 Å². The first-order valence-electron chi connectivity index (χ1n) is 3.86. The van der Waals surface area contributed by atoms with E-state index in [-0.39, 0.29) is 0 Å². The summed E-state index contributed by atoms with van der Waals surface area (Å²) >= 11 is 0. The number of amides is 1. The van der Waals surface area contributed by atoms with Gasteiger partial charge in [0.1, 0.15) is 6.10 Å². The maximum absolute atomic E-state index is 10.9. The second-order valence-corrected chi connectivity index (χ2v) is 3.44. The molecule has 4 heteroatoms. The third kappa shape index (κ3) is 1.95. The Labute approximate surface area is 72.0 Å². The van der Waals surface area contributed by atoms with Crippen molar-refractivity contribution in [3.63, 3.8) is 0 Å². The number of nitrogens with two attached hydrogens (primary N) is 1. The van der Waals surface area contributed by atoms with Crippen LogP contribution in [-0.4, -0.2) is 24.4 Å². The van der Waals surface area contributed by atoms with Crippen LogP contribution in [-0.2, 0) is 14.3 Å². The van der Waals surface area contributed by atoms with Crippen LogP contribution in [0.5, 0.6) is 0 Å². The van der Waals surface area contributed by atoms with Crippen LogP contribution in [0, 0.1) is 5.92 Å². The summed E-state index contributed by atoms with van der Waals surface area (Å²) in [6.07, 6.45) is -0.603. The highest BCUT2D eigenvalue weighted by atomic mass is 16.7. The zero-order valence-corrected chi connectivity index (χ0v) is 7.59. The van der Waals surface area contributed by atoms with E-state index in [1.165, 1.54) is 0 Å². The van der Waals surface area contributed by atoms with Gasteiger partial charge in [-0.15, -0.1) is 0 Å². The zero-order valence-electron chi connectivity index (χ0n) is 7.59. The van der Waals surface area contributed by atoms with Crippen molar-refractivity contribution in [3.05, 3.63) is 5.92 Å². The van der Waals surface area contributed by atoms with Gasteiger partial charge >= 0.3 is 0 Å². The summed E-state index contributed by atoms with van der Waals surface area (Å²) in [6.45, 7) is 5.75. The van der Waals surface area contributed by atoms with E-state index in [2.05, 4.69) is 0 Å². The van der Waals surface area contributed by atoms with Crippen LogP contribution in [0.4, 0.5) is 0 Å². The Balaban J connectivity index is 2.66. The van der Waals surface area contributed by atoms with Crippen LogP contribution >= 0.6 is 0 Å². The van der Waals surface area contributed by atoms with Crippen LogP contribution in [0.2, 0.25) is 0 Å². The number of hydrogen-bond acceptors (Lipinski definition) is 3. The van der Waals surface area contributed by atoms with Crippen molar-refractivity contribution in [1.29, 1.82) is 0 Å². The molecule has 0 saturated carbocycles. The molecule has 1 amide bonds. The normalized spacial score (nSPS) is 30.1. The lowest BCUT2D eigenvalue weighted by Crippen LogP contribution is -2.49. The molecule has 1 rings (SSSR count). The van der Waals surface area contributed by atoms with Crippen molar-refractivity contribution < 1.29 is 14.3 Å². The maximum Gasteiger partial charge on any atom is 0.247 e. The number of rotatable bonds is 1. The van der Waals surface area contributed by atoms with Gasteiger partial charge in [0.05, 0.1) is 6.61 Å². The summed E-state index contributed by atoms with van der Waals surface area (Å²) in [5.74, 6) is -0.343. The van der Waals surface area contributed by atoms with E-state index in [9.17, 15) is 4.79 Å². The minimum atomic E-state index is -0.709. The lowest BCUT2D eigenvalue weighted by atomic mass is 10.0. The Kier molecular flexibility index (Phi) is 2.39. The number of hydrogen-bond donors (Lipinski definition) is 1. The van der Waals surface area contributed by atoms with Crippen LogP contribution < -0.4 is 5.73 Å². The minimum absolute atomic E-state index is 0.431. The van der Waals surface area contributed by atoms with E-state index in [0.717, 1.165) is 5.92 Å². The van der Waals surface area contributed by atoms with Gasteiger partial charge in [-0.2, -0.15) is 0 Å². The summed E-state index contributed by atoms with van der Waals surface area (Å²) in [5, 5.41) is 0. The summed E-state index contributed by atoms with van der Waals surface area (Å²) in [7, 11) is 0. The minimum Gasteiger partial charge on any atom is -0.367 e. The molecule has 1 fully saturated rings. The highest BCUT2D eigenvalue weighted by Gasteiger charge is 2.37. The molecule has 1 unspecified atom stereocenters. The molecule has 0 aromatic carbocycles. The molecule has 2 N–H and O–H groups in total. The molecule has 0 aromatic rings. The number of carbonyl (C=O) groups is 1. The van der Waals surface area contributed by atoms with Gasteiger partial charge in [-0.05, 0) is 13.8 Å². The van der Waals surface area contributed by atoms with E-state index in [1.54, 1.807) is 20.8 Å². The molecule has 0 spiro atoms. The molecule has 69 valence electrons. The van der Waals surface area contributed by atoms with E-state index in [0.29, 0.717) is 6.61 Å². The zero-order chi connectivity index (χ0) is 9.35. The van der Waals surface area contributed by atoms with Gasteiger partial charge in [0, 0.05) is 5.92 Å². The van der Waals surface area contributed by atoms with Crippen molar-refractivity contribution in [3.8, 4) is 0 Å². The predicted octanol–water partition coefficient (Wildman–Crippen LogP) is 0.218. The highest BCUT2D eigenvalue weighted by Crippen LogP contribution is 2.26. The van der Waals surface area contributed by atoms with Gasteiger partial charge in [-0.25, -0.2) is 0 Å². The molecule has 0 aliphatic carbocycles. The topological polar surface area (TPSA) is 61.6 Å². The number of carbonyl (C=O) groups excluding carboxylic acids is 1. The second kappa shape index (κ2) is 3.03. The van der Waals surface area contributed by atoms with E-state index >= 15 is 0 Å². The fourth-order valence-corrected chi connectivity index (χ4v) is 1.08. The van der Waals surface area contributed by atoms with Gasteiger partial charge in [-0.1, -0.05) is 6.92 Å². The van der Waals surface area contributed by atoms with Crippen LogP contribution in [0.1, 0.15) is 20.8 Å². The van der Waals surface area contributed by atoms with Gasteiger partial charge in [0.25, 0.3) is 0 Å². The molecular formula is C8H14NO3. The SMILES string of the molecule is C[C]1COC(C)(C)OC1C(N)=O. The number of primary amides is 1. The molecule has 1 aliphatic rings. The molecule has 0 bridgehead atoms. The van der Waals surface area contributed by atoms with E-state index < -0.39 is 17.8 Å². The molecule has 1 saturated heterocycles. The molecule has 1 aliphatic heterocycles. The van der Waals surface area contributed by atoms with Gasteiger partial charge in [-0.3, -0.25) is 4.79 Å². The summed E-state index contributed by atoms with van der Waals surface area (Å²) in [4.78, 5) is 10.9. The quantitative estimate of drug-likeness (QED) is 0.615. The lowest BCUT2D eigenvalue weighted by Gasteiger charge is -2.37. The predicted molar refractivity (Wildman–Crippen MR) is 43.0 cm³/mol. The molecule has 4 nitrogen and oxygen atoms in total. The fourth-order valence-electron chi connectivity index (χ4n) is 1.08. The van der Waals surface area contributed by atoms with Crippen molar-refractivity contribution in [2.75, 3.05) is 6.61 Å². The third-order valence-electron chi connectivity index (χ3n) is 1.76. The Morgan fingerprint density at radius 2 is 2.25 bits per heavy atom.